The zero-order valence-corrected chi connectivity index (χ0v) is 13.1. The summed E-state index contributed by atoms with van der Waals surface area (Å²) < 4.78 is 0. The average molecular weight is 303 g/mol. The van der Waals surface area contributed by atoms with Crippen molar-refractivity contribution in [3.63, 3.8) is 0 Å². The molecule has 1 aliphatic rings. The van der Waals surface area contributed by atoms with Gasteiger partial charge in [0.1, 0.15) is 0 Å². The number of nitrogens with one attached hydrogen (secondary N) is 2. The van der Waals surface area contributed by atoms with E-state index in [0.29, 0.717) is 12.1 Å². The molecule has 0 aliphatic heterocycles. The van der Waals surface area contributed by atoms with E-state index in [0.717, 1.165) is 37.8 Å². The van der Waals surface area contributed by atoms with Gasteiger partial charge < -0.3 is 16.4 Å². The van der Waals surface area contributed by atoms with Gasteiger partial charge in [0.15, 0.2) is 0 Å². The minimum absolute atomic E-state index is 0.00345. The number of hydrogen-bond acceptors (Lipinski definition) is 3. The van der Waals surface area contributed by atoms with Gasteiger partial charge in [-0.3, -0.25) is 9.59 Å². The molecule has 0 radical (unpaired) electrons. The van der Waals surface area contributed by atoms with Crippen LogP contribution in [-0.2, 0) is 4.79 Å². The fourth-order valence-electron chi connectivity index (χ4n) is 2.76. The monoisotopic (exact) mass is 303 g/mol. The van der Waals surface area contributed by atoms with Crippen molar-refractivity contribution < 1.29 is 9.59 Å². The average Bonchev–Trinajstić information content (AvgIpc) is 2.53. The van der Waals surface area contributed by atoms with Gasteiger partial charge in [-0.25, -0.2) is 0 Å². The largest absolute Gasteiger partial charge is 0.352 e. The summed E-state index contributed by atoms with van der Waals surface area (Å²) in [4.78, 5) is 24.0. The molecule has 0 heterocycles. The Morgan fingerprint density at radius 3 is 2.59 bits per heavy atom. The van der Waals surface area contributed by atoms with Crippen LogP contribution in [0.1, 0.15) is 49.4 Å². The van der Waals surface area contributed by atoms with E-state index >= 15 is 0 Å². The number of carbonyl (C=O) groups excluding carboxylic acids is 2. The minimum atomic E-state index is -0.0852. The van der Waals surface area contributed by atoms with Crippen molar-refractivity contribution in [1.82, 2.24) is 5.32 Å². The van der Waals surface area contributed by atoms with Crippen molar-refractivity contribution >= 4 is 17.5 Å². The zero-order valence-electron chi connectivity index (χ0n) is 13.1. The standard InChI is InChI=1S/C17H25N3O2/c1-2-10-19-16(21)12-6-8-15(9-7-12)20-17(22)13-4-3-5-14(18)11-13/h6-9,13-14H,2-5,10-11,18H2,1H3,(H,19,21)(H,20,22). The third-order valence-electron chi connectivity index (χ3n) is 4.04. The SMILES string of the molecule is CCCNC(=O)c1ccc(NC(=O)C2CCCC(N)C2)cc1. The summed E-state index contributed by atoms with van der Waals surface area (Å²) in [5.74, 6) is -0.0624. The molecule has 1 aromatic rings. The van der Waals surface area contributed by atoms with Gasteiger partial charge in [-0.05, 0) is 49.9 Å². The maximum atomic E-state index is 12.2. The van der Waals surface area contributed by atoms with E-state index in [4.69, 9.17) is 5.73 Å². The van der Waals surface area contributed by atoms with Crippen LogP contribution in [0.25, 0.3) is 0 Å². The maximum absolute atomic E-state index is 12.2. The highest BCUT2D eigenvalue weighted by molar-refractivity contribution is 5.96. The van der Waals surface area contributed by atoms with E-state index < -0.39 is 0 Å². The van der Waals surface area contributed by atoms with Crippen molar-refractivity contribution in [3.8, 4) is 0 Å². The van der Waals surface area contributed by atoms with Crippen LogP contribution in [0.3, 0.4) is 0 Å². The van der Waals surface area contributed by atoms with Crippen LogP contribution in [0.4, 0.5) is 5.69 Å². The molecule has 5 nitrogen and oxygen atoms in total. The second kappa shape index (κ2) is 7.94. The number of nitrogens with two attached hydrogens (primary N) is 1. The molecule has 2 atom stereocenters. The normalized spacial score (nSPS) is 21.2. The van der Waals surface area contributed by atoms with E-state index in [1.807, 2.05) is 6.92 Å². The first kappa shape index (κ1) is 16.5. The Kier molecular flexibility index (Phi) is 5.95. The molecule has 2 unspecified atom stereocenters. The Morgan fingerprint density at radius 2 is 1.95 bits per heavy atom. The van der Waals surface area contributed by atoms with Gasteiger partial charge in [0.05, 0.1) is 0 Å². The van der Waals surface area contributed by atoms with Crippen LogP contribution in [0, 0.1) is 5.92 Å². The van der Waals surface area contributed by atoms with Crippen molar-refractivity contribution in [3.05, 3.63) is 29.8 Å². The van der Waals surface area contributed by atoms with Crippen LogP contribution >= 0.6 is 0 Å². The molecule has 0 saturated heterocycles. The summed E-state index contributed by atoms with van der Waals surface area (Å²) in [7, 11) is 0. The van der Waals surface area contributed by atoms with E-state index in [1.54, 1.807) is 24.3 Å². The molecule has 2 amide bonds. The summed E-state index contributed by atoms with van der Waals surface area (Å²) in [6.07, 6.45) is 4.57. The fraction of sp³-hybridized carbons (Fsp3) is 0.529. The van der Waals surface area contributed by atoms with Gasteiger partial charge in [0, 0.05) is 29.8 Å². The molecule has 120 valence electrons. The quantitative estimate of drug-likeness (QED) is 0.780. The number of hydrogen-bond donors (Lipinski definition) is 3. The Balaban J connectivity index is 1.90. The summed E-state index contributed by atoms with van der Waals surface area (Å²) in [5, 5.41) is 5.74. The van der Waals surface area contributed by atoms with Gasteiger partial charge >= 0.3 is 0 Å². The first-order chi connectivity index (χ1) is 10.6. The van der Waals surface area contributed by atoms with Crippen LogP contribution < -0.4 is 16.4 Å². The van der Waals surface area contributed by atoms with Crippen molar-refractivity contribution in [2.75, 3.05) is 11.9 Å². The van der Waals surface area contributed by atoms with Gasteiger partial charge in [0.2, 0.25) is 5.91 Å². The highest BCUT2D eigenvalue weighted by Gasteiger charge is 2.25. The van der Waals surface area contributed by atoms with Crippen LogP contribution in [0.15, 0.2) is 24.3 Å². The van der Waals surface area contributed by atoms with E-state index in [-0.39, 0.29) is 23.8 Å². The zero-order chi connectivity index (χ0) is 15.9. The fourth-order valence-corrected chi connectivity index (χ4v) is 2.76. The smallest absolute Gasteiger partial charge is 0.251 e. The first-order valence-corrected chi connectivity index (χ1v) is 8.05. The Labute approximate surface area is 131 Å². The molecule has 1 saturated carbocycles. The molecular formula is C17H25N3O2. The molecule has 0 aromatic heterocycles. The molecule has 0 spiro atoms. The first-order valence-electron chi connectivity index (χ1n) is 8.05. The molecule has 4 N–H and O–H groups in total. The van der Waals surface area contributed by atoms with E-state index in [1.165, 1.54) is 0 Å². The van der Waals surface area contributed by atoms with Gasteiger partial charge in [0.25, 0.3) is 5.91 Å². The molecule has 22 heavy (non-hydrogen) atoms. The number of anilines is 1. The predicted molar refractivity (Wildman–Crippen MR) is 87.6 cm³/mol. The Bertz CT molecular complexity index is 513. The minimum Gasteiger partial charge on any atom is -0.352 e. The number of rotatable bonds is 5. The van der Waals surface area contributed by atoms with Gasteiger partial charge in [-0.15, -0.1) is 0 Å². The molecule has 1 aliphatic carbocycles. The van der Waals surface area contributed by atoms with Crippen LogP contribution in [-0.4, -0.2) is 24.4 Å². The Hall–Kier alpha value is -1.88. The van der Waals surface area contributed by atoms with Crippen molar-refractivity contribution in [2.45, 2.75) is 45.1 Å². The van der Waals surface area contributed by atoms with Crippen molar-refractivity contribution in [2.24, 2.45) is 11.7 Å². The van der Waals surface area contributed by atoms with Gasteiger partial charge in [-0.2, -0.15) is 0 Å². The molecule has 1 aromatic carbocycles. The number of amides is 2. The predicted octanol–water partition coefficient (Wildman–Crippen LogP) is 2.28. The lowest BCUT2D eigenvalue weighted by molar-refractivity contribution is -0.120. The summed E-state index contributed by atoms with van der Waals surface area (Å²) in [5.41, 5.74) is 7.25. The summed E-state index contributed by atoms with van der Waals surface area (Å²) in [6.45, 7) is 2.68. The highest BCUT2D eigenvalue weighted by Crippen LogP contribution is 2.24. The molecule has 5 heteroatoms. The second-order valence-corrected chi connectivity index (χ2v) is 5.95. The second-order valence-electron chi connectivity index (χ2n) is 5.95. The summed E-state index contributed by atoms with van der Waals surface area (Å²) in [6, 6.07) is 7.12. The van der Waals surface area contributed by atoms with Gasteiger partial charge in [-0.1, -0.05) is 13.3 Å². The third-order valence-corrected chi connectivity index (χ3v) is 4.04. The third kappa shape index (κ3) is 4.56. The number of carbonyl (C=O) groups is 2. The molecule has 2 rings (SSSR count). The van der Waals surface area contributed by atoms with Crippen LogP contribution in [0.2, 0.25) is 0 Å². The summed E-state index contributed by atoms with van der Waals surface area (Å²) >= 11 is 0. The lowest BCUT2D eigenvalue weighted by Gasteiger charge is -2.25. The Morgan fingerprint density at radius 1 is 1.23 bits per heavy atom. The van der Waals surface area contributed by atoms with E-state index in [9.17, 15) is 9.59 Å². The lowest BCUT2D eigenvalue weighted by Crippen LogP contribution is -2.34. The molecule has 0 bridgehead atoms. The van der Waals surface area contributed by atoms with E-state index in [2.05, 4.69) is 10.6 Å². The lowest BCUT2D eigenvalue weighted by atomic mass is 9.85. The molecule has 1 fully saturated rings. The topological polar surface area (TPSA) is 84.2 Å². The highest BCUT2D eigenvalue weighted by atomic mass is 16.2. The van der Waals surface area contributed by atoms with Crippen LogP contribution in [0.5, 0.6) is 0 Å². The molecular weight excluding hydrogens is 278 g/mol. The maximum Gasteiger partial charge on any atom is 0.251 e. The van der Waals surface area contributed by atoms with Crippen molar-refractivity contribution in [1.29, 1.82) is 0 Å². The number of benzene rings is 1.